The molecule has 3 aromatic rings. The SMILES string of the molecule is CC(CC(=O)CNC(=O)COc1ccc([C@@H]2[C@@H](SC[C@H](O)c3ccc(F)cc3)C(=O)N2c2ccc(C#CCNS(C)(=O)=O)cc2)cc1)[C@@H](N)C(=O)O. The first-order valence-electron chi connectivity index (χ1n) is 16.0. The van der Waals surface area contributed by atoms with Crippen LogP contribution in [0.3, 0.4) is 0 Å². The summed E-state index contributed by atoms with van der Waals surface area (Å²) in [5, 5.41) is 21.6. The number of hydrogen-bond acceptors (Lipinski definition) is 10. The summed E-state index contributed by atoms with van der Waals surface area (Å²) in [5.74, 6) is 2.77. The zero-order valence-electron chi connectivity index (χ0n) is 28.3. The predicted octanol–water partition coefficient (Wildman–Crippen LogP) is 2.15. The van der Waals surface area contributed by atoms with E-state index in [0.717, 1.165) is 11.8 Å². The van der Waals surface area contributed by atoms with Gasteiger partial charge in [0.2, 0.25) is 15.9 Å². The Morgan fingerprint density at radius 2 is 1.71 bits per heavy atom. The summed E-state index contributed by atoms with van der Waals surface area (Å²) in [4.78, 5) is 50.6. The van der Waals surface area contributed by atoms with Gasteiger partial charge in [-0.05, 0) is 65.6 Å². The summed E-state index contributed by atoms with van der Waals surface area (Å²) in [6.07, 6.45) is -0.00476. The lowest BCUT2D eigenvalue weighted by atomic mass is 9.92. The second kappa shape index (κ2) is 18.1. The van der Waals surface area contributed by atoms with Crippen LogP contribution in [-0.2, 0) is 29.2 Å². The number of ketones is 1. The number of aliphatic carboxylic acids is 1. The number of nitrogens with one attached hydrogen (secondary N) is 2. The normalized spacial score (nSPS) is 17.2. The topological polar surface area (TPSA) is 205 Å². The average molecular weight is 755 g/mol. The van der Waals surface area contributed by atoms with E-state index in [1.54, 1.807) is 60.4 Å². The quantitative estimate of drug-likeness (QED) is 0.0998. The van der Waals surface area contributed by atoms with Gasteiger partial charge in [-0.2, -0.15) is 0 Å². The highest BCUT2D eigenvalue weighted by molar-refractivity contribution is 8.00. The number of ether oxygens (including phenoxy) is 1. The van der Waals surface area contributed by atoms with E-state index in [1.165, 1.54) is 36.0 Å². The first kappa shape index (κ1) is 40.0. The molecule has 0 bridgehead atoms. The molecule has 5 atom stereocenters. The van der Waals surface area contributed by atoms with Crippen LogP contribution >= 0.6 is 11.8 Å². The molecule has 2 amide bonds. The zero-order valence-corrected chi connectivity index (χ0v) is 30.0. The Morgan fingerprint density at radius 1 is 1.06 bits per heavy atom. The molecule has 0 aromatic heterocycles. The number of nitrogens with two attached hydrogens (primary N) is 1. The maximum absolute atomic E-state index is 13.6. The summed E-state index contributed by atoms with van der Waals surface area (Å²) in [5.41, 5.74) is 8.01. The van der Waals surface area contributed by atoms with Crippen LogP contribution in [0, 0.1) is 23.6 Å². The van der Waals surface area contributed by atoms with Gasteiger partial charge in [0, 0.05) is 23.4 Å². The number of halogens is 1. The maximum atomic E-state index is 13.6. The summed E-state index contributed by atoms with van der Waals surface area (Å²) in [7, 11) is -3.37. The Kier molecular flexibility index (Phi) is 13.9. The third kappa shape index (κ3) is 11.4. The van der Waals surface area contributed by atoms with Crippen LogP contribution in [0.2, 0.25) is 0 Å². The van der Waals surface area contributed by atoms with E-state index >= 15 is 0 Å². The fraction of sp³-hybridized carbons (Fsp3) is 0.333. The molecule has 1 aliphatic heterocycles. The summed E-state index contributed by atoms with van der Waals surface area (Å²) in [6, 6.07) is 17.5. The van der Waals surface area contributed by atoms with Crippen LogP contribution in [0.5, 0.6) is 5.75 Å². The molecule has 4 rings (SSSR count). The minimum atomic E-state index is -3.37. The van der Waals surface area contributed by atoms with Crippen molar-refractivity contribution in [2.24, 2.45) is 11.7 Å². The van der Waals surface area contributed by atoms with Crippen molar-refractivity contribution in [3.8, 4) is 17.6 Å². The number of carbonyl (C=O) groups excluding carboxylic acids is 3. The lowest BCUT2D eigenvalue weighted by molar-refractivity contribution is -0.140. The van der Waals surface area contributed by atoms with E-state index in [4.69, 9.17) is 15.6 Å². The smallest absolute Gasteiger partial charge is 0.320 e. The Balaban J connectivity index is 1.42. The van der Waals surface area contributed by atoms with Gasteiger partial charge >= 0.3 is 5.97 Å². The first-order valence-corrected chi connectivity index (χ1v) is 19.0. The van der Waals surface area contributed by atoms with Crippen molar-refractivity contribution >= 4 is 51.0 Å². The van der Waals surface area contributed by atoms with Gasteiger partial charge in [-0.25, -0.2) is 17.5 Å². The largest absolute Gasteiger partial charge is 0.484 e. The third-order valence-electron chi connectivity index (χ3n) is 8.06. The third-order valence-corrected chi connectivity index (χ3v) is 10.1. The molecule has 1 unspecified atom stereocenters. The van der Waals surface area contributed by atoms with Crippen LogP contribution in [0.15, 0.2) is 72.8 Å². The molecule has 16 heteroatoms. The molecular formula is C36H39FN4O9S2. The number of β-lactam (4-membered cyclic amide) rings is 1. The Labute approximate surface area is 305 Å². The van der Waals surface area contributed by atoms with Gasteiger partial charge in [0.15, 0.2) is 12.4 Å². The van der Waals surface area contributed by atoms with Crippen LogP contribution < -0.4 is 25.4 Å². The molecule has 1 heterocycles. The van der Waals surface area contributed by atoms with Crippen LogP contribution in [0.4, 0.5) is 10.1 Å². The van der Waals surface area contributed by atoms with Crippen LogP contribution in [0.1, 0.15) is 42.2 Å². The number of anilines is 1. The van der Waals surface area contributed by atoms with Gasteiger partial charge in [-0.1, -0.05) is 43.0 Å². The van der Waals surface area contributed by atoms with Gasteiger partial charge < -0.3 is 30.9 Å². The number of amides is 2. The summed E-state index contributed by atoms with van der Waals surface area (Å²) in [6.45, 7) is 0.808. The average Bonchev–Trinajstić information content (AvgIpc) is 3.10. The number of thioether (sulfide) groups is 1. The molecule has 0 aliphatic carbocycles. The van der Waals surface area contributed by atoms with Crippen LogP contribution in [-0.4, -0.2) is 85.2 Å². The molecule has 1 saturated heterocycles. The standard InChI is InChI=1S/C36H39FN4O9S2/c1-22(32(38)36(46)47)18-28(42)19-39-31(44)20-50-29-15-9-25(10-16-29)33-34(51-21-30(43)24-7-11-26(37)12-8-24)35(45)41(33)27-13-5-23(6-14-27)4-3-17-40-52(2,48)49/h5-16,22,30,32-34,40,43H,17-21,38H2,1-2H3,(H,39,44)(H,46,47)/t22?,30-,32+,33+,34+/m0/s1. The Hall–Kier alpha value is -4.79. The second-order valence-electron chi connectivity index (χ2n) is 12.1. The molecule has 3 aromatic carbocycles. The highest BCUT2D eigenvalue weighted by Crippen LogP contribution is 2.46. The number of carbonyl (C=O) groups is 4. The molecule has 0 spiro atoms. The Morgan fingerprint density at radius 3 is 2.33 bits per heavy atom. The molecule has 0 saturated carbocycles. The number of carboxylic acids is 1. The van der Waals surface area contributed by atoms with Crippen molar-refractivity contribution in [3.63, 3.8) is 0 Å². The fourth-order valence-corrected chi connectivity index (χ4v) is 6.83. The highest BCUT2D eigenvalue weighted by Gasteiger charge is 2.49. The van der Waals surface area contributed by atoms with E-state index in [2.05, 4.69) is 21.9 Å². The number of benzene rings is 3. The van der Waals surface area contributed by atoms with E-state index in [-0.39, 0.29) is 43.6 Å². The predicted molar refractivity (Wildman–Crippen MR) is 193 cm³/mol. The molecule has 0 radical (unpaired) electrons. The van der Waals surface area contributed by atoms with Crippen molar-refractivity contribution in [1.82, 2.24) is 10.0 Å². The number of nitrogens with zero attached hydrogens (tertiary/aromatic N) is 1. The number of rotatable bonds is 17. The van der Waals surface area contributed by atoms with E-state index in [0.29, 0.717) is 22.6 Å². The van der Waals surface area contributed by atoms with Gasteiger partial charge in [-0.15, -0.1) is 11.8 Å². The summed E-state index contributed by atoms with van der Waals surface area (Å²) >= 11 is 1.27. The molecule has 1 fully saturated rings. The monoisotopic (exact) mass is 754 g/mol. The number of carboxylic acid groups (broad SMARTS) is 1. The first-order chi connectivity index (χ1) is 24.6. The van der Waals surface area contributed by atoms with Gasteiger partial charge in [0.25, 0.3) is 5.91 Å². The number of hydrogen-bond donors (Lipinski definition) is 5. The van der Waals surface area contributed by atoms with Crippen LogP contribution in [0.25, 0.3) is 0 Å². The van der Waals surface area contributed by atoms with E-state index < -0.39 is 57.1 Å². The van der Waals surface area contributed by atoms with Gasteiger partial charge in [0.05, 0.1) is 31.5 Å². The molecule has 13 nitrogen and oxygen atoms in total. The molecule has 52 heavy (non-hydrogen) atoms. The molecular weight excluding hydrogens is 716 g/mol. The molecule has 1 aliphatic rings. The molecule has 276 valence electrons. The van der Waals surface area contributed by atoms with Gasteiger partial charge in [0.1, 0.15) is 22.9 Å². The number of sulfonamides is 1. The number of aliphatic hydroxyl groups excluding tert-OH is 1. The van der Waals surface area contributed by atoms with Crippen molar-refractivity contribution in [3.05, 3.63) is 95.3 Å². The van der Waals surface area contributed by atoms with Crippen molar-refractivity contribution < 1.29 is 46.9 Å². The zero-order chi connectivity index (χ0) is 38.0. The second-order valence-corrected chi connectivity index (χ2v) is 15.1. The highest BCUT2D eigenvalue weighted by atomic mass is 32.2. The maximum Gasteiger partial charge on any atom is 0.320 e. The Bertz CT molecular complexity index is 1920. The minimum Gasteiger partial charge on any atom is -0.484 e. The molecule has 6 N–H and O–H groups in total. The summed E-state index contributed by atoms with van der Waals surface area (Å²) < 4.78 is 43.8. The fourth-order valence-electron chi connectivity index (χ4n) is 5.19. The van der Waals surface area contributed by atoms with Crippen molar-refractivity contribution in [1.29, 1.82) is 0 Å². The number of Topliss-reactive ketones (excluding diaryl/α,β-unsaturated/α-hetero) is 1. The lowest BCUT2D eigenvalue weighted by Gasteiger charge is -2.47. The minimum absolute atomic E-state index is 0.0505. The van der Waals surface area contributed by atoms with E-state index in [9.17, 15) is 37.1 Å². The number of aliphatic hydroxyl groups is 1. The van der Waals surface area contributed by atoms with Crippen molar-refractivity contribution in [2.75, 3.05) is 36.6 Å². The lowest BCUT2D eigenvalue weighted by Crippen LogP contribution is -2.57. The van der Waals surface area contributed by atoms with Crippen molar-refractivity contribution in [2.45, 2.75) is 36.8 Å². The van der Waals surface area contributed by atoms with E-state index in [1.807, 2.05) is 0 Å². The van der Waals surface area contributed by atoms with Gasteiger partial charge in [-0.3, -0.25) is 19.2 Å².